The number of thioether (sulfide) groups is 1. The fraction of sp³-hybridized carbons (Fsp3) is 0.250. The van der Waals surface area contributed by atoms with Gasteiger partial charge in [-0.2, -0.15) is 0 Å². The van der Waals surface area contributed by atoms with Crippen LogP contribution in [0.25, 0.3) is 0 Å². The van der Waals surface area contributed by atoms with Crippen LogP contribution >= 0.6 is 23.1 Å². The number of rotatable bonds is 6. The van der Waals surface area contributed by atoms with Crippen molar-refractivity contribution >= 4 is 39.8 Å². The number of carbonyl (C=O) groups is 1. The fourth-order valence-electron chi connectivity index (χ4n) is 2.67. The van der Waals surface area contributed by atoms with Crippen LogP contribution in [-0.2, 0) is 11.2 Å². The maximum absolute atomic E-state index is 12.5. The normalized spacial score (nSPS) is 11.3. The standard InChI is InChI=1S/C20H20N4O3S2/c1-20(2,3)15-10-9-14(11-16(15)24(26)27)17(25)21-18-22-23-19(29-18)28-12-13-7-5-4-6-8-13/h4-11H,12H2,1-3H3,(H,21,22,25). The van der Waals surface area contributed by atoms with Gasteiger partial charge in [-0.25, -0.2) is 0 Å². The first-order valence-electron chi connectivity index (χ1n) is 8.84. The lowest BCUT2D eigenvalue weighted by molar-refractivity contribution is -0.386. The van der Waals surface area contributed by atoms with Crippen LogP contribution in [0.2, 0.25) is 0 Å². The smallest absolute Gasteiger partial charge is 0.273 e. The van der Waals surface area contributed by atoms with Crippen LogP contribution < -0.4 is 5.32 Å². The van der Waals surface area contributed by atoms with Crippen molar-refractivity contribution in [3.8, 4) is 0 Å². The summed E-state index contributed by atoms with van der Waals surface area (Å²) in [5.74, 6) is 0.300. The average molecular weight is 429 g/mol. The molecule has 0 aliphatic carbocycles. The molecule has 150 valence electrons. The molecule has 0 radical (unpaired) electrons. The van der Waals surface area contributed by atoms with Crippen LogP contribution in [0.1, 0.15) is 42.3 Å². The Morgan fingerprint density at radius 1 is 1.17 bits per heavy atom. The van der Waals surface area contributed by atoms with Crippen molar-refractivity contribution in [1.82, 2.24) is 10.2 Å². The van der Waals surface area contributed by atoms with Crippen LogP contribution in [-0.4, -0.2) is 21.0 Å². The van der Waals surface area contributed by atoms with Crippen molar-refractivity contribution in [2.45, 2.75) is 36.3 Å². The molecule has 29 heavy (non-hydrogen) atoms. The number of hydrogen-bond donors (Lipinski definition) is 1. The Hall–Kier alpha value is -2.78. The van der Waals surface area contributed by atoms with Crippen molar-refractivity contribution < 1.29 is 9.72 Å². The van der Waals surface area contributed by atoms with E-state index < -0.39 is 16.2 Å². The topological polar surface area (TPSA) is 98.0 Å². The number of nitrogens with zero attached hydrogens (tertiary/aromatic N) is 3. The molecule has 3 aromatic rings. The highest BCUT2D eigenvalue weighted by atomic mass is 32.2. The molecule has 0 fully saturated rings. The predicted molar refractivity (Wildman–Crippen MR) is 116 cm³/mol. The first kappa shape index (κ1) is 20.9. The Bertz CT molecular complexity index is 1030. The van der Waals surface area contributed by atoms with Gasteiger partial charge in [-0.1, -0.05) is 80.3 Å². The summed E-state index contributed by atoms with van der Waals surface area (Å²) in [6.45, 7) is 5.68. The Labute approximate surface area is 176 Å². The highest BCUT2D eigenvalue weighted by Crippen LogP contribution is 2.32. The van der Waals surface area contributed by atoms with E-state index >= 15 is 0 Å². The van der Waals surface area contributed by atoms with Gasteiger partial charge in [0.25, 0.3) is 11.6 Å². The molecule has 0 unspecified atom stereocenters. The maximum atomic E-state index is 12.5. The van der Waals surface area contributed by atoms with Crippen molar-refractivity contribution in [3.05, 3.63) is 75.3 Å². The first-order valence-corrected chi connectivity index (χ1v) is 10.6. The molecular formula is C20H20N4O3S2. The van der Waals surface area contributed by atoms with Gasteiger partial charge >= 0.3 is 0 Å². The lowest BCUT2D eigenvalue weighted by atomic mass is 9.85. The van der Waals surface area contributed by atoms with Crippen molar-refractivity contribution in [2.75, 3.05) is 5.32 Å². The van der Waals surface area contributed by atoms with Gasteiger partial charge in [0.1, 0.15) is 0 Å². The summed E-state index contributed by atoms with van der Waals surface area (Å²) >= 11 is 2.80. The largest absolute Gasteiger partial charge is 0.296 e. The van der Waals surface area contributed by atoms with Crippen LogP contribution in [0, 0.1) is 10.1 Å². The quantitative estimate of drug-likeness (QED) is 0.248. The van der Waals surface area contributed by atoms with Crippen molar-refractivity contribution in [3.63, 3.8) is 0 Å². The summed E-state index contributed by atoms with van der Waals surface area (Å²) in [7, 11) is 0. The molecule has 0 atom stereocenters. The van der Waals surface area contributed by atoms with Gasteiger partial charge < -0.3 is 0 Å². The monoisotopic (exact) mass is 428 g/mol. The van der Waals surface area contributed by atoms with E-state index in [1.807, 2.05) is 51.1 Å². The third-order valence-electron chi connectivity index (χ3n) is 4.10. The molecule has 1 heterocycles. The predicted octanol–water partition coefficient (Wildman–Crippen LogP) is 5.29. The van der Waals surface area contributed by atoms with E-state index in [1.165, 1.54) is 34.7 Å². The van der Waals surface area contributed by atoms with Gasteiger partial charge in [0.15, 0.2) is 4.34 Å². The molecule has 3 rings (SSSR count). The Kier molecular flexibility index (Phi) is 6.29. The van der Waals surface area contributed by atoms with Crippen LogP contribution in [0.4, 0.5) is 10.8 Å². The third-order valence-corrected chi connectivity index (χ3v) is 6.14. The molecule has 2 aromatic carbocycles. The highest BCUT2D eigenvalue weighted by molar-refractivity contribution is 8.00. The molecule has 7 nitrogen and oxygen atoms in total. The zero-order valence-electron chi connectivity index (χ0n) is 16.2. The van der Waals surface area contributed by atoms with Gasteiger partial charge in [-0.15, -0.1) is 10.2 Å². The molecule has 9 heteroatoms. The van der Waals surface area contributed by atoms with E-state index in [4.69, 9.17) is 0 Å². The van der Waals surface area contributed by atoms with Crippen LogP contribution in [0.3, 0.4) is 0 Å². The number of hydrogen-bond acceptors (Lipinski definition) is 7. The number of aromatic nitrogens is 2. The highest BCUT2D eigenvalue weighted by Gasteiger charge is 2.26. The number of benzene rings is 2. The van der Waals surface area contributed by atoms with Gasteiger partial charge in [0, 0.05) is 22.9 Å². The first-order chi connectivity index (χ1) is 13.7. The van der Waals surface area contributed by atoms with Crippen molar-refractivity contribution in [2.24, 2.45) is 0 Å². The van der Waals surface area contributed by atoms with Crippen LogP contribution in [0.15, 0.2) is 52.9 Å². The minimum atomic E-state index is -0.458. The Morgan fingerprint density at radius 3 is 2.55 bits per heavy atom. The summed E-state index contributed by atoms with van der Waals surface area (Å²) in [6, 6.07) is 14.5. The summed E-state index contributed by atoms with van der Waals surface area (Å²) in [5.41, 5.74) is 1.49. The molecular weight excluding hydrogens is 408 g/mol. The lowest BCUT2D eigenvalue weighted by Crippen LogP contribution is -2.16. The minimum absolute atomic E-state index is 0.0680. The molecule has 1 N–H and O–H groups in total. The van der Waals surface area contributed by atoms with E-state index in [2.05, 4.69) is 15.5 Å². The van der Waals surface area contributed by atoms with E-state index in [1.54, 1.807) is 12.1 Å². The second-order valence-electron chi connectivity index (χ2n) is 7.34. The molecule has 0 saturated carbocycles. The molecule has 0 aliphatic rings. The zero-order chi connectivity index (χ0) is 21.0. The molecule has 1 aromatic heterocycles. The average Bonchev–Trinajstić information content (AvgIpc) is 3.13. The van der Waals surface area contributed by atoms with Gasteiger partial charge in [-0.05, 0) is 17.0 Å². The Balaban J connectivity index is 1.70. The number of anilines is 1. The Morgan fingerprint density at radius 2 is 1.90 bits per heavy atom. The lowest BCUT2D eigenvalue weighted by Gasteiger charge is -2.19. The molecule has 1 amide bonds. The molecule has 0 saturated heterocycles. The second kappa shape index (κ2) is 8.71. The zero-order valence-corrected chi connectivity index (χ0v) is 17.8. The number of nitrogens with one attached hydrogen (secondary N) is 1. The van der Waals surface area contributed by atoms with Gasteiger partial charge in [-0.3, -0.25) is 20.2 Å². The fourth-order valence-corrected chi connectivity index (χ4v) is 4.37. The number of carbonyl (C=O) groups excluding carboxylic acids is 1. The SMILES string of the molecule is CC(C)(C)c1ccc(C(=O)Nc2nnc(SCc3ccccc3)s2)cc1[N+](=O)[O-]. The van der Waals surface area contributed by atoms with E-state index in [0.717, 1.165) is 10.1 Å². The maximum Gasteiger partial charge on any atom is 0.273 e. The number of nitro groups is 1. The second-order valence-corrected chi connectivity index (χ2v) is 9.54. The summed E-state index contributed by atoms with van der Waals surface area (Å²) in [4.78, 5) is 23.5. The summed E-state index contributed by atoms with van der Waals surface area (Å²) in [5, 5.41) is 22.5. The van der Waals surface area contributed by atoms with E-state index in [-0.39, 0.29) is 11.3 Å². The van der Waals surface area contributed by atoms with E-state index in [9.17, 15) is 14.9 Å². The van der Waals surface area contributed by atoms with Gasteiger partial charge in [0.05, 0.1) is 4.92 Å². The molecule has 0 spiro atoms. The van der Waals surface area contributed by atoms with Crippen LogP contribution in [0.5, 0.6) is 0 Å². The number of nitro benzene ring substituents is 1. The van der Waals surface area contributed by atoms with E-state index in [0.29, 0.717) is 10.7 Å². The third kappa shape index (κ3) is 5.39. The summed E-state index contributed by atoms with van der Waals surface area (Å²) in [6.07, 6.45) is 0. The number of amides is 1. The molecule has 0 bridgehead atoms. The summed E-state index contributed by atoms with van der Waals surface area (Å²) < 4.78 is 0.734. The van der Waals surface area contributed by atoms with Crippen molar-refractivity contribution in [1.29, 1.82) is 0 Å². The van der Waals surface area contributed by atoms with Gasteiger partial charge in [0.2, 0.25) is 5.13 Å². The minimum Gasteiger partial charge on any atom is -0.296 e. The molecule has 0 aliphatic heterocycles.